The van der Waals surface area contributed by atoms with E-state index >= 15 is 0 Å². The summed E-state index contributed by atoms with van der Waals surface area (Å²) in [4.78, 5) is 23.9. The summed E-state index contributed by atoms with van der Waals surface area (Å²) in [5, 5.41) is 5.83. The molecule has 0 saturated heterocycles. The van der Waals surface area contributed by atoms with Crippen molar-refractivity contribution in [2.24, 2.45) is 5.73 Å². The summed E-state index contributed by atoms with van der Waals surface area (Å²) in [6.07, 6.45) is 3.62. The van der Waals surface area contributed by atoms with Crippen LogP contribution in [-0.2, 0) is 9.59 Å². The Morgan fingerprint density at radius 2 is 1.92 bits per heavy atom. The summed E-state index contributed by atoms with van der Waals surface area (Å²) < 4.78 is 5.48. The van der Waals surface area contributed by atoms with Gasteiger partial charge in [0.25, 0.3) is 5.91 Å². The monoisotopic (exact) mass is 383 g/mol. The van der Waals surface area contributed by atoms with E-state index in [1.54, 1.807) is 19.1 Å². The molecule has 0 spiro atoms. The molecule has 4 N–H and O–H groups in total. The molecule has 2 rings (SSSR count). The molecule has 1 fully saturated rings. The lowest BCUT2D eigenvalue weighted by molar-refractivity contribution is -0.126. The van der Waals surface area contributed by atoms with Crippen LogP contribution in [0.15, 0.2) is 24.3 Å². The van der Waals surface area contributed by atoms with Crippen molar-refractivity contribution < 1.29 is 14.3 Å². The van der Waals surface area contributed by atoms with E-state index in [0.29, 0.717) is 18.2 Å². The van der Waals surface area contributed by atoms with Crippen LogP contribution in [0.1, 0.15) is 58.1 Å². The Morgan fingerprint density at radius 1 is 1.31 bits per heavy atom. The first kappa shape index (κ1) is 22.3. The highest BCUT2D eigenvalue weighted by Gasteiger charge is 2.28. The molecule has 0 bridgehead atoms. The maximum absolute atomic E-state index is 12.3. The number of nitrogens with two attached hydrogens (primary N) is 1. The summed E-state index contributed by atoms with van der Waals surface area (Å²) in [6, 6.07) is 7.55. The highest BCUT2D eigenvalue weighted by atomic mass is 35.5. The average Bonchev–Trinajstić information content (AvgIpc) is 3.37. The molecular weight excluding hydrogens is 354 g/mol. The van der Waals surface area contributed by atoms with Gasteiger partial charge in [0.2, 0.25) is 5.91 Å². The Morgan fingerprint density at radius 3 is 2.46 bits per heavy atom. The lowest BCUT2D eigenvalue weighted by Crippen LogP contribution is -2.52. The average molecular weight is 384 g/mol. The van der Waals surface area contributed by atoms with E-state index in [1.165, 1.54) is 0 Å². The predicted octanol–water partition coefficient (Wildman–Crippen LogP) is 2.46. The van der Waals surface area contributed by atoms with Crippen LogP contribution < -0.4 is 21.1 Å². The number of benzene rings is 1. The highest BCUT2D eigenvalue weighted by Crippen LogP contribution is 2.20. The Labute approximate surface area is 161 Å². The van der Waals surface area contributed by atoms with Gasteiger partial charge in [0, 0.05) is 6.04 Å². The quantitative estimate of drug-likeness (QED) is 0.610. The van der Waals surface area contributed by atoms with Crippen LogP contribution in [0.2, 0.25) is 0 Å². The number of hydrogen-bond donors (Lipinski definition) is 3. The third-order valence-corrected chi connectivity index (χ3v) is 4.33. The lowest BCUT2D eigenvalue weighted by atomic mass is 9.95. The topological polar surface area (TPSA) is 93.5 Å². The second kappa shape index (κ2) is 9.78. The van der Waals surface area contributed by atoms with E-state index in [0.717, 1.165) is 24.8 Å². The summed E-state index contributed by atoms with van der Waals surface area (Å²) in [7, 11) is 0. The van der Waals surface area contributed by atoms with Crippen molar-refractivity contribution in [3.63, 3.8) is 0 Å². The molecule has 1 saturated carbocycles. The van der Waals surface area contributed by atoms with Gasteiger partial charge >= 0.3 is 0 Å². The maximum atomic E-state index is 12.3. The van der Waals surface area contributed by atoms with E-state index in [4.69, 9.17) is 10.5 Å². The Kier molecular flexibility index (Phi) is 8.37. The molecular formula is C19H30ClN3O3. The largest absolute Gasteiger partial charge is 0.484 e. The van der Waals surface area contributed by atoms with Crippen LogP contribution in [-0.4, -0.2) is 30.0 Å². The van der Waals surface area contributed by atoms with E-state index in [1.807, 2.05) is 26.0 Å². The van der Waals surface area contributed by atoms with Crippen molar-refractivity contribution in [3.8, 4) is 5.75 Å². The SMILES string of the molecule is CCCC(C)(N)C(=O)NC(C)c1ccc(OCC(=O)NC2CC2)cc1.Cl. The summed E-state index contributed by atoms with van der Waals surface area (Å²) >= 11 is 0. The molecule has 6 nitrogen and oxygen atoms in total. The second-order valence-electron chi connectivity index (χ2n) is 7.06. The zero-order chi connectivity index (χ0) is 18.4. The fourth-order valence-corrected chi connectivity index (χ4v) is 2.58. The lowest BCUT2D eigenvalue weighted by Gasteiger charge is -2.25. The zero-order valence-electron chi connectivity index (χ0n) is 15.7. The normalized spacial score (nSPS) is 16.6. The molecule has 146 valence electrons. The van der Waals surface area contributed by atoms with Crippen molar-refractivity contribution in [2.45, 2.75) is 64.1 Å². The Hall–Kier alpha value is -1.79. The van der Waals surface area contributed by atoms with Gasteiger partial charge in [0.1, 0.15) is 5.75 Å². The highest BCUT2D eigenvalue weighted by molar-refractivity contribution is 5.86. The molecule has 0 radical (unpaired) electrons. The van der Waals surface area contributed by atoms with Gasteiger partial charge in [0.05, 0.1) is 11.6 Å². The van der Waals surface area contributed by atoms with Crippen molar-refractivity contribution in [3.05, 3.63) is 29.8 Å². The van der Waals surface area contributed by atoms with Gasteiger partial charge in [-0.25, -0.2) is 0 Å². The summed E-state index contributed by atoms with van der Waals surface area (Å²) in [5.41, 5.74) is 6.15. The molecule has 1 aromatic carbocycles. The summed E-state index contributed by atoms with van der Waals surface area (Å²) in [5.74, 6) is 0.382. The third-order valence-electron chi connectivity index (χ3n) is 4.33. The van der Waals surface area contributed by atoms with E-state index in [2.05, 4.69) is 10.6 Å². The van der Waals surface area contributed by atoms with Gasteiger partial charge in [0.15, 0.2) is 6.61 Å². The van der Waals surface area contributed by atoms with Crippen molar-refractivity contribution >= 4 is 24.2 Å². The fourth-order valence-electron chi connectivity index (χ4n) is 2.58. The number of ether oxygens (including phenoxy) is 1. The molecule has 0 aliphatic heterocycles. The van der Waals surface area contributed by atoms with Crippen molar-refractivity contribution in [2.75, 3.05) is 6.61 Å². The molecule has 7 heteroatoms. The number of nitrogens with one attached hydrogen (secondary N) is 2. The number of halogens is 1. The summed E-state index contributed by atoms with van der Waals surface area (Å²) in [6.45, 7) is 5.69. The second-order valence-corrected chi connectivity index (χ2v) is 7.06. The third kappa shape index (κ3) is 6.84. The van der Waals surface area contributed by atoms with Gasteiger partial charge < -0.3 is 21.1 Å². The van der Waals surface area contributed by atoms with Crippen LogP contribution in [0.25, 0.3) is 0 Å². The van der Waals surface area contributed by atoms with Crippen LogP contribution in [0.5, 0.6) is 5.75 Å². The van der Waals surface area contributed by atoms with Crippen LogP contribution in [0.4, 0.5) is 0 Å². The molecule has 26 heavy (non-hydrogen) atoms. The smallest absolute Gasteiger partial charge is 0.258 e. The number of carbonyl (C=O) groups is 2. The van der Waals surface area contributed by atoms with Crippen molar-refractivity contribution in [1.82, 2.24) is 10.6 Å². The molecule has 1 aliphatic rings. The molecule has 2 unspecified atom stereocenters. The molecule has 1 aliphatic carbocycles. The first-order valence-corrected chi connectivity index (χ1v) is 8.94. The predicted molar refractivity (Wildman–Crippen MR) is 104 cm³/mol. The van der Waals surface area contributed by atoms with Crippen LogP contribution in [0, 0.1) is 0 Å². The fraction of sp³-hybridized carbons (Fsp3) is 0.579. The van der Waals surface area contributed by atoms with Gasteiger partial charge in [-0.3, -0.25) is 9.59 Å². The number of rotatable bonds is 9. The Bertz CT molecular complexity index is 601. The maximum Gasteiger partial charge on any atom is 0.258 e. The minimum absolute atomic E-state index is 0. The van der Waals surface area contributed by atoms with Crippen molar-refractivity contribution in [1.29, 1.82) is 0 Å². The zero-order valence-corrected chi connectivity index (χ0v) is 16.5. The first-order valence-electron chi connectivity index (χ1n) is 8.94. The molecule has 2 amide bonds. The van der Waals surface area contributed by atoms with E-state index in [-0.39, 0.29) is 36.9 Å². The molecule has 1 aromatic rings. The van der Waals surface area contributed by atoms with E-state index < -0.39 is 5.54 Å². The minimum atomic E-state index is -0.860. The number of hydrogen-bond acceptors (Lipinski definition) is 4. The van der Waals surface area contributed by atoms with Gasteiger partial charge in [-0.1, -0.05) is 25.5 Å². The van der Waals surface area contributed by atoms with Gasteiger partial charge in [-0.05, 0) is 50.8 Å². The molecule has 0 aromatic heterocycles. The number of carbonyl (C=O) groups excluding carboxylic acids is 2. The number of amides is 2. The molecule has 0 heterocycles. The minimum Gasteiger partial charge on any atom is -0.484 e. The van der Waals surface area contributed by atoms with Gasteiger partial charge in [-0.2, -0.15) is 0 Å². The standard InChI is InChI=1S/C19H29N3O3.ClH/c1-4-11-19(3,20)18(24)21-13(2)14-5-9-16(10-6-14)25-12-17(23)22-15-7-8-15;/h5-6,9-10,13,15H,4,7-8,11-12,20H2,1-3H3,(H,21,24)(H,22,23);1H. The first-order chi connectivity index (χ1) is 11.8. The van der Waals surface area contributed by atoms with Crippen LogP contribution in [0.3, 0.4) is 0 Å². The molecule has 2 atom stereocenters. The van der Waals surface area contributed by atoms with Gasteiger partial charge in [-0.15, -0.1) is 12.4 Å². The Balaban J connectivity index is 0.00000338. The van der Waals surface area contributed by atoms with Crippen LogP contribution >= 0.6 is 12.4 Å². The van der Waals surface area contributed by atoms with E-state index in [9.17, 15) is 9.59 Å².